The molecule has 0 amide bonds. The van der Waals surface area contributed by atoms with Gasteiger partial charge in [-0.05, 0) is 0 Å². The zero-order chi connectivity index (χ0) is 3.41. The second kappa shape index (κ2) is 8.89. The van der Waals surface area contributed by atoms with Crippen molar-refractivity contribution in [3.8, 4) is 0 Å². The number of allylic oxidation sites excluding steroid dienone is 2. The minimum atomic E-state index is 0. The summed E-state index contributed by atoms with van der Waals surface area (Å²) in [6.45, 7) is 6.72. The van der Waals surface area contributed by atoms with E-state index in [0.29, 0.717) is 0 Å². The van der Waals surface area contributed by atoms with Crippen LogP contribution in [0.15, 0.2) is 25.3 Å². The van der Waals surface area contributed by atoms with Crippen molar-refractivity contribution in [2.75, 3.05) is 0 Å². The van der Waals surface area contributed by atoms with Crippen LogP contribution in [0.25, 0.3) is 0 Å². The maximum atomic E-state index is 3.36. The van der Waals surface area contributed by atoms with Gasteiger partial charge in [-0.15, -0.1) is 0 Å². The van der Waals surface area contributed by atoms with Gasteiger partial charge in [-0.25, -0.2) is 0 Å². The van der Waals surface area contributed by atoms with E-state index in [1.165, 1.54) is 0 Å². The molecule has 36 valence electrons. The molecule has 0 radical (unpaired) electrons. The van der Waals surface area contributed by atoms with Crippen molar-refractivity contribution in [1.82, 2.24) is 0 Å². The van der Waals surface area contributed by atoms with Crippen LogP contribution in [-0.2, 0) is 0 Å². The Balaban J connectivity index is 0. The summed E-state index contributed by atoms with van der Waals surface area (Å²) in [4.78, 5) is 0. The molecule has 0 aliphatic carbocycles. The third kappa shape index (κ3) is 11.3. The standard InChI is InChI=1S/C4H6.Yb/c1-3-4-2;/h3-4H,1-2H2;. The average molecular weight is 227 g/mol. The van der Waals surface area contributed by atoms with E-state index in [-0.39, 0.29) is 46.9 Å². The second-order valence-corrected chi connectivity index (χ2v) is 0.471. The first-order valence-electron chi connectivity index (χ1n) is 1.15. The van der Waals surface area contributed by atoms with Crippen molar-refractivity contribution < 1.29 is 46.9 Å². The van der Waals surface area contributed by atoms with Gasteiger partial charge < -0.3 is 0 Å². The van der Waals surface area contributed by atoms with Gasteiger partial charge in [-0.1, -0.05) is 25.3 Å². The van der Waals surface area contributed by atoms with E-state index in [2.05, 4.69) is 13.2 Å². The molecule has 0 aromatic heterocycles. The van der Waals surface area contributed by atoms with Crippen molar-refractivity contribution in [3.63, 3.8) is 0 Å². The third-order valence-corrected chi connectivity index (χ3v) is 0.167. The van der Waals surface area contributed by atoms with Crippen LogP contribution in [0.4, 0.5) is 0 Å². The molecule has 0 spiro atoms. The molecule has 0 saturated carbocycles. The third-order valence-electron chi connectivity index (χ3n) is 0.167. The van der Waals surface area contributed by atoms with Crippen LogP contribution in [0.3, 0.4) is 0 Å². The molecule has 5 heavy (non-hydrogen) atoms. The molecule has 0 fully saturated rings. The molecule has 0 atom stereocenters. The topological polar surface area (TPSA) is 0 Å². The quantitative estimate of drug-likeness (QED) is 0.593. The number of hydrogen-bond acceptors (Lipinski definition) is 0. The Bertz CT molecular complexity index is 24.6. The van der Waals surface area contributed by atoms with Gasteiger partial charge in [0, 0.05) is 46.9 Å². The summed E-state index contributed by atoms with van der Waals surface area (Å²) in [6, 6.07) is 0. The molecule has 0 aliphatic heterocycles. The molecule has 0 aliphatic rings. The average Bonchev–Trinajstić information content (AvgIpc) is 1.37. The molecule has 0 rings (SSSR count). The van der Waals surface area contributed by atoms with E-state index >= 15 is 0 Å². The number of rotatable bonds is 1. The van der Waals surface area contributed by atoms with Crippen molar-refractivity contribution in [2.45, 2.75) is 0 Å². The van der Waals surface area contributed by atoms with E-state index in [0.717, 1.165) is 0 Å². The van der Waals surface area contributed by atoms with Gasteiger partial charge in [0.15, 0.2) is 0 Å². The fourth-order valence-electron chi connectivity index (χ4n) is 0. The molecular weight excluding hydrogens is 221 g/mol. The Labute approximate surface area is 71.2 Å². The summed E-state index contributed by atoms with van der Waals surface area (Å²) in [5.74, 6) is 0. The zero-order valence-corrected chi connectivity index (χ0v) is 4.55. The van der Waals surface area contributed by atoms with Gasteiger partial charge in [-0.3, -0.25) is 0 Å². The van der Waals surface area contributed by atoms with Crippen LogP contribution in [-0.4, -0.2) is 0 Å². The Hall–Kier alpha value is 0.999. The van der Waals surface area contributed by atoms with Crippen molar-refractivity contribution in [3.05, 3.63) is 25.3 Å². The minimum Gasteiger partial charge on any atom is -0.0991 e. The molecule has 0 unspecified atom stereocenters. The van der Waals surface area contributed by atoms with Crippen LogP contribution in [0.5, 0.6) is 0 Å². The molecule has 0 nitrogen and oxygen atoms in total. The Morgan fingerprint density at radius 2 is 1.20 bits per heavy atom. The Morgan fingerprint density at radius 3 is 1.20 bits per heavy atom. The minimum absolute atomic E-state index is 0. The van der Waals surface area contributed by atoms with Crippen LogP contribution in [0, 0.1) is 46.9 Å². The molecule has 0 bridgehead atoms. The van der Waals surface area contributed by atoms with Crippen LogP contribution in [0.2, 0.25) is 0 Å². The smallest absolute Gasteiger partial charge is 0 e. The van der Waals surface area contributed by atoms with E-state index in [1.54, 1.807) is 12.2 Å². The Morgan fingerprint density at radius 1 is 1.00 bits per heavy atom. The van der Waals surface area contributed by atoms with Gasteiger partial charge in [-0.2, -0.15) is 0 Å². The van der Waals surface area contributed by atoms with Crippen molar-refractivity contribution in [1.29, 1.82) is 0 Å². The van der Waals surface area contributed by atoms with E-state index < -0.39 is 0 Å². The maximum absolute atomic E-state index is 3.36. The van der Waals surface area contributed by atoms with Crippen molar-refractivity contribution in [2.24, 2.45) is 0 Å². The predicted octanol–water partition coefficient (Wildman–Crippen LogP) is 1.36. The van der Waals surface area contributed by atoms with Gasteiger partial charge in [0.2, 0.25) is 0 Å². The summed E-state index contributed by atoms with van der Waals surface area (Å²) in [5, 5.41) is 0. The van der Waals surface area contributed by atoms with Crippen LogP contribution < -0.4 is 0 Å². The molecule has 0 N–H and O–H groups in total. The first-order chi connectivity index (χ1) is 1.91. The van der Waals surface area contributed by atoms with E-state index in [4.69, 9.17) is 0 Å². The summed E-state index contributed by atoms with van der Waals surface area (Å²) >= 11 is 0. The molecule has 0 aromatic carbocycles. The molecule has 0 saturated heterocycles. The molecular formula is C4H6Yb. The second-order valence-electron chi connectivity index (χ2n) is 0.471. The van der Waals surface area contributed by atoms with E-state index in [9.17, 15) is 0 Å². The molecule has 1 heteroatoms. The van der Waals surface area contributed by atoms with Gasteiger partial charge in [0.05, 0.1) is 0 Å². The Kier molecular flexibility index (Phi) is 16.7. The summed E-state index contributed by atoms with van der Waals surface area (Å²) in [6.07, 6.45) is 3.28. The summed E-state index contributed by atoms with van der Waals surface area (Å²) in [7, 11) is 0. The SMILES string of the molecule is C=CC=C.[Yb]. The monoisotopic (exact) mass is 228 g/mol. The van der Waals surface area contributed by atoms with Gasteiger partial charge in [0.25, 0.3) is 0 Å². The summed E-state index contributed by atoms with van der Waals surface area (Å²) < 4.78 is 0. The first kappa shape index (κ1) is 9.37. The molecule has 0 aromatic rings. The molecule has 0 heterocycles. The van der Waals surface area contributed by atoms with Crippen LogP contribution in [0.1, 0.15) is 0 Å². The zero-order valence-electron chi connectivity index (χ0n) is 2.84. The predicted molar refractivity (Wildman–Crippen MR) is 20.4 cm³/mol. The summed E-state index contributed by atoms with van der Waals surface area (Å²) in [5.41, 5.74) is 0. The number of hydrogen-bond donors (Lipinski definition) is 0. The van der Waals surface area contributed by atoms with Crippen LogP contribution >= 0.6 is 0 Å². The fourth-order valence-corrected chi connectivity index (χ4v) is 0. The van der Waals surface area contributed by atoms with Crippen molar-refractivity contribution >= 4 is 0 Å². The van der Waals surface area contributed by atoms with E-state index in [1.807, 2.05) is 0 Å². The van der Waals surface area contributed by atoms with Gasteiger partial charge >= 0.3 is 0 Å². The largest absolute Gasteiger partial charge is 0.0991 e. The maximum Gasteiger partial charge on any atom is 0 e. The first-order valence-corrected chi connectivity index (χ1v) is 1.15. The fraction of sp³-hybridized carbons (Fsp3) is 0. The van der Waals surface area contributed by atoms with Gasteiger partial charge in [0.1, 0.15) is 0 Å². The normalized spacial score (nSPS) is 4.00.